The molecule has 100 valence electrons. The number of carbonyl (C=O) groups excluding carboxylic acids is 1. The van der Waals surface area contributed by atoms with Crippen molar-refractivity contribution in [3.8, 4) is 0 Å². The largest absolute Gasteiger partial charge is 0.464 e. The summed E-state index contributed by atoms with van der Waals surface area (Å²) in [4.78, 5) is 11.6. The van der Waals surface area contributed by atoms with Gasteiger partial charge in [0.2, 0.25) is 0 Å². The Morgan fingerprint density at radius 2 is 2.06 bits per heavy atom. The highest BCUT2D eigenvalue weighted by molar-refractivity contribution is 5.74. The van der Waals surface area contributed by atoms with Crippen LogP contribution in [-0.4, -0.2) is 38.4 Å². The second kappa shape index (κ2) is 8.48. The number of piperidine rings is 1. The first-order chi connectivity index (χ1) is 8.27. The predicted molar refractivity (Wildman–Crippen MR) is 66.9 cm³/mol. The molecule has 0 spiro atoms. The molecule has 4 nitrogen and oxygen atoms in total. The SMILES string of the molecule is CCCC(OCC1CCNCC1)C(=O)OCC. The minimum Gasteiger partial charge on any atom is -0.464 e. The lowest BCUT2D eigenvalue weighted by Gasteiger charge is -2.24. The maximum absolute atomic E-state index is 11.6. The quantitative estimate of drug-likeness (QED) is 0.692. The number of ether oxygens (including phenoxy) is 2. The number of nitrogens with one attached hydrogen (secondary N) is 1. The number of hydrogen-bond donors (Lipinski definition) is 1. The third-order valence-corrected chi connectivity index (χ3v) is 3.09. The molecule has 1 aliphatic heterocycles. The second-order valence-electron chi connectivity index (χ2n) is 4.56. The van der Waals surface area contributed by atoms with E-state index in [1.807, 2.05) is 6.92 Å². The Morgan fingerprint density at radius 3 is 2.65 bits per heavy atom. The summed E-state index contributed by atoms with van der Waals surface area (Å²) >= 11 is 0. The van der Waals surface area contributed by atoms with E-state index in [2.05, 4.69) is 12.2 Å². The van der Waals surface area contributed by atoms with E-state index in [9.17, 15) is 4.79 Å². The van der Waals surface area contributed by atoms with Gasteiger partial charge in [0.25, 0.3) is 0 Å². The van der Waals surface area contributed by atoms with Gasteiger partial charge in [-0.05, 0) is 45.2 Å². The summed E-state index contributed by atoms with van der Waals surface area (Å²) in [7, 11) is 0. The van der Waals surface area contributed by atoms with Crippen molar-refractivity contribution in [2.24, 2.45) is 5.92 Å². The maximum atomic E-state index is 11.6. The highest BCUT2D eigenvalue weighted by Gasteiger charge is 2.22. The predicted octanol–water partition coefficient (Wildman–Crippen LogP) is 1.73. The maximum Gasteiger partial charge on any atom is 0.335 e. The molecule has 1 rings (SSSR count). The van der Waals surface area contributed by atoms with Crippen LogP contribution in [0.2, 0.25) is 0 Å². The Balaban J connectivity index is 2.29. The van der Waals surface area contributed by atoms with Gasteiger partial charge in [-0.25, -0.2) is 4.79 Å². The molecule has 0 radical (unpaired) electrons. The van der Waals surface area contributed by atoms with E-state index in [0.29, 0.717) is 19.1 Å². The Bertz CT molecular complexity index is 215. The monoisotopic (exact) mass is 243 g/mol. The molecule has 1 saturated heterocycles. The smallest absolute Gasteiger partial charge is 0.335 e. The molecule has 0 amide bonds. The highest BCUT2D eigenvalue weighted by Crippen LogP contribution is 2.14. The van der Waals surface area contributed by atoms with Gasteiger partial charge in [-0.15, -0.1) is 0 Å². The van der Waals surface area contributed by atoms with Gasteiger partial charge in [0.15, 0.2) is 6.10 Å². The normalized spacial score (nSPS) is 18.9. The fourth-order valence-corrected chi connectivity index (χ4v) is 2.07. The zero-order valence-electron chi connectivity index (χ0n) is 11.0. The summed E-state index contributed by atoms with van der Waals surface area (Å²) in [5.74, 6) is 0.383. The zero-order valence-corrected chi connectivity index (χ0v) is 11.0. The van der Waals surface area contributed by atoms with Crippen molar-refractivity contribution >= 4 is 5.97 Å². The van der Waals surface area contributed by atoms with Crippen LogP contribution in [0.25, 0.3) is 0 Å². The summed E-state index contributed by atoms with van der Waals surface area (Å²) in [6, 6.07) is 0. The standard InChI is InChI=1S/C13H25NO3/c1-3-5-12(13(15)16-4-2)17-10-11-6-8-14-9-7-11/h11-12,14H,3-10H2,1-2H3. The first-order valence-corrected chi connectivity index (χ1v) is 6.76. The summed E-state index contributed by atoms with van der Waals surface area (Å²) in [6.07, 6.45) is 3.61. The minimum atomic E-state index is -0.366. The van der Waals surface area contributed by atoms with Gasteiger partial charge in [-0.2, -0.15) is 0 Å². The van der Waals surface area contributed by atoms with Crippen molar-refractivity contribution in [3.05, 3.63) is 0 Å². The summed E-state index contributed by atoms with van der Waals surface area (Å²) in [5, 5.41) is 3.32. The number of carbonyl (C=O) groups is 1. The third kappa shape index (κ3) is 5.50. The van der Waals surface area contributed by atoms with Crippen molar-refractivity contribution in [1.29, 1.82) is 0 Å². The van der Waals surface area contributed by atoms with E-state index in [1.54, 1.807) is 0 Å². The van der Waals surface area contributed by atoms with Crippen LogP contribution in [0.4, 0.5) is 0 Å². The molecule has 1 aliphatic rings. The van der Waals surface area contributed by atoms with Crippen molar-refractivity contribution in [1.82, 2.24) is 5.32 Å². The molecule has 0 saturated carbocycles. The second-order valence-corrected chi connectivity index (χ2v) is 4.56. The van der Waals surface area contributed by atoms with Crippen LogP contribution in [0.1, 0.15) is 39.5 Å². The molecule has 0 bridgehead atoms. The molecule has 4 heteroatoms. The van der Waals surface area contributed by atoms with Gasteiger partial charge >= 0.3 is 5.97 Å². The fourth-order valence-electron chi connectivity index (χ4n) is 2.07. The zero-order chi connectivity index (χ0) is 12.5. The van der Waals surface area contributed by atoms with Crippen molar-refractivity contribution in [3.63, 3.8) is 0 Å². The Kier molecular flexibility index (Phi) is 7.21. The van der Waals surface area contributed by atoms with Crippen LogP contribution >= 0.6 is 0 Å². The van der Waals surface area contributed by atoms with E-state index >= 15 is 0 Å². The molecular formula is C13H25NO3. The molecule has 1 heterocycles. The average molecular weight is 243 g/mol. The Morgan fingerprint density at radius 1 is 1.35 bits per heavy atom. The topological polar surface area (TPSA) is 47.6 Å². The number of esters is 1. The molecule has 0 aromatic heterocycles. The molecule has 1 N–H and O–H groups in total. The van der Waals surface area contributed by atoms with Gasteiger partial charge in [0, 0.05) is 0 Å². The number of hydrogen-bond acceptors (Lipinski definition) is 4. The third-order valence-electron chi connectivity index (χ3n) is 3.09. The van der Waals surface area contributed by atoms with Crippen LogP contribution < -0.4 is 5.32 Å². The van der Waals surface area contributed by atoms with E-state index in [-0.39, 0.29) is 12.1 Å². The van der Waals surface area contributed by atoms with Crippen LogP contribution in [0.5, 0.6) is 0 Å². The lowest BCUT2D eigenvalue weighted by atomic mass is 9.99. The van der Waals surface area contributed by atoms with Crippen LogP contribution in [0.15, 0.2) is 0 Å². The number of rotatable bonds is 7. The fraction of sp³-hybridized carbons (Fsp3) is 0.923. The van der Waals surface area contributed by atoms with Crippen LogP contribution in [0, 0.1) is 5.92 Å². The van der Waals surface area contributed by atoms with Crippen LogP contribution in [-0.2, 0) is 14.3 Å². The van der Waals surface area contributed by atoms with Crippen molar-refractivity contribution in [2.75, 3.05) is 26.3 Å². The summed E-state index contributed by atoms with van der Waals surface area (Å²) < 4.78 is 10.8. The van der Waals surface area contributed by atoms with Crippen molar-refractivity contribution < 1.29 is 14.3 Å². The average Bonchev–Trinajstić information content (AvgIpc) is 2.36. The van der Waals surface area contributed by atoms with Gasteiger partial charge in [-0.1, -0.05) is 13.3 Å². The summed E-state index contributed by atoms with van der Waals surface area (Å²) in [6.45, 7) is 7.12. The van der Waals surface area contributed by atoms with E-state index < -0.39 is 0 Å². The molecule has 17 heavy (non-hydrogen) atoms. The van der Waals surface area contributed by atoms with E-state index in [4.69, 9.17) is 9.47 Å². The lowest BCUT2D eigenvalue weighted by Crippen LogP contribution is -2.33. The minimum absolute atomic E-state index is 0.205. The highest BCUT2D eigenvalue weighted by atomic mass is 16.6. The van der Waals surface area contributed by atoms with Gasteiger partial charge in [-0.3, -0.25) is 0 Å². The summed E-state index contributed by atoms with van der Waals surface area (Å²) in [5.41, 5.74) is 0. The van der Waals surface area contributed by atoms with Gasteiger partial charge in [0.05, 0.1) is 13.2 Å². The van der Waals surface area contributed by atoms with E-state index in [0.717, 1.165) is 38.8 Å². The molecule has 0 aromatic rings. The molecule has 1 unspecified atom stereocenters. The van der Waals surface area contributed by atoms with Crippen molar-refractivity contribution in [2.45, 2.75) is 45.6 Å². The molecule has 1 fully saturated rings. The van der Waals surface area contributed by atoms with Gasteiger partial charge in [0.1, 0.15) is 0 Å². The molecule has 0 aliphatic carbocycles. The van der Waals surface area contributed by atoms with E-state index in [1.165, 1.54) is 0 Å². The first-order valence-electron chi connectivity index (χ1n) is 6.76. The Hall–Kier alpha value is -0.610. The van der Waals surface area contributed by atoms with Gasteiger partial charge < -0.3 is 14.8 Å². The molecule has 1 atom stereocenters. The Labute approximate surface area is 104 Å². The molecular weight excluding hydrogens is 218 g/mol. The molecule has 0 aromatic carbocycles. The first kappa shape index (κ1) is 14.5. The lowest BCUT2D eigenvalue weighted by molar-refractivity contribution is -0.158. The van der Waals surface area contributed by atoms with Crippen LogP contribution in [0.3, 0.4) is 0 Å².